The van der Waals surface area contributed by atoms with Gasteiger partial charge in [-0.25, -0.2) is 4.98 Å². The Morgan fingerprint density at radius 3 is 2.85 bits per heavy atom. The second-order valence-electron chi connectivity index (χ2n) is 5.14. The third kappa shape index (κ3) is 4.56. The summed E-state index contributed by atoms with van der Waals surface area (Å²) in [6.07, 6.45) is 0. The van der Waals surface area contributed by atoms with Gasteiger partial charge in [0.1, 0.15) is 5.75 Å². The van der Waals surface area contributed by atoms with E-state index in [-0.39, 0.29) is 18.2 Å². The number of hydrogen-bond donors (Lipinski definition) is 1. The van der Waals surface area contributed by atoms with Crippen molar-refractivity contribution in [2.24, 2.45) is 0 Å². The van der Waals surface area contributed by atoms with E-state index in [1.807, 2.05) is 0 Å². The van der Waals surface area contributed by atoms with Crippen LogP contribution in [0.2, 0.25) is 5.02 Å². The molecule has 0 aliphatic heterocycles. The van der Waals surface area contributed by atoms with Crippen molar-refractivity contribution in [3.63, 3.8) is 0 Å². The summed E-state index contributed by atoms with van der Waals surface area (Å²) in [6, 6.07) is 12.9. The van der Waals surface area contributed by atoms with E-state index in [9.17, 15) is 14.9 Å². The van der Waals surface area contributed by atoms with Crippen LogP contribution in [0.1, 0.15) is 0 Å². The fourth-order valence-electron chi connectivity index (χ4n) is 2.10. The Morgan fingerprint density at radius 1 is 1.27 bits per heavy atom. The Hall–Kier alpha value is -2.97. The number of rotatable bonds is 6. The minimum atomic E-state index is -0.467. The highest BCUT2D eigenvalue weighted by atomic mass is 35.5. The summed E-state index contributed by atoms with van der Waals surface area (Å²) in [5, 5.41) is 16.1. The molecular weight excluding hydrogens is 378 g/mol. The molecule has 1 heterocycles. The molecule has 0 aliphatic rings. The monoisotopic (exact) mass is 389 g/mol. The number of aromatic nitrogens is 1. The maximum absolute atomic E-state index is 12.0. The quantitative estimate of drug-likeness (QED) is 0.498. The topological polar surface area (TPSA) is 94.4 Å². The van der Waals surface area contributed by atoms with Crippen molar-refractivity contribution in [2.75, 3.05) is 11.9 Å². The number of non-ortho nitro benzene ring substituents is 1. The van der Waals surface area contributed by atoms with Gasteiger partial charge in [0.25, 0.3) is 11.6 Å². The number of thiazole rings is 1. The molecule has 3 rings (SSSR count). The molecule has 0 spiro atoms. The van der Waals surface area contributed by atoms with Gasteiger partial charge in [0.2, 0.25) is 0 Å². The molecule has 1 aromatic heterocycles. The van der Waals surface area contributed by atoms with Gasteiger partial charge >= 0.3 is 0 Å². The first kappa shape index (κ1) is 17.8. The van der Waals surface area contributed by atoms with Crippen LogP contribution in [0.5, 0.6) is 5.75 Å². The fourth-order valence-corrected chi connectivity index (χ4v) is 3.02. The van der Waals surface area contributed by atoms with Crippen molar-refractivity contribution in [1.82, 2.24) is 4.98 Å². The number of nitro benzene ring substituents is 1. The normalized spacial score (nSPS) is 10.3. The van der Waals surface area contributed by atoms with Crippen LogP contribution < -0.4 is 10.1 Å². The number of benzene rings is 2. The average molecular weight is 390 g/mol. The second-order valence-corrected chi connectivity index (χ2v) is 6.43. The molecule has 0 saturated carbocycles. The Bertz CT molecular complexity index is 960. The second kappa shape index (κ2) is 7.94. The zero-order valence-electron chi connectivity index (χ0n) is 13.2. The van der Waals surface area contributed by atoms with Gasteiger partial charge in [-0.1, -0.05) is 29.8 Å². The number of anilines is 1. The van der Waals surface area contributed by atoms with Crippen LogP contribution in [0.4, 0.5) is 10.8 Å². The number of nitro groups is 1. The van der Waals surface area contributed by atoms with Crippen molar-refractivity contribution in [3.05, 3.63) is 69.0 Å². The number of ether oxygens (including phenoxy) is 1. The molecule has 0 saturated heterocycles. The van der Waals surface area contributed by atoms with Gasteiger partial charge < -0.3 is 4.74 Å². The van der Waals surface area contributed by atoms with E-state index in [0.717, 1.165) is 0 Å². The Balaban J connectivity index is 1.62. The van der Waals surface area contributed by atoms with E-state index in [1.165, 1.54) is 23.5 Å². The van der Waals surface area contributed by atoms with Crippen molar-refractivity contribution in [1.29, 1.82) is 0 Å². The molecule has 0 bridgehead atoms. The average Bonchev–Trinajstić information content (AvgIpc) is 3.08. The predicted molar refractivity (Wildman–Crippen MR) is 99.8 cm³/mol. The molecule has 0 unspecified atom stereocenters. The summed E-state index contributed by atoms with van der Waals surface area (Å²) in [5.74, 6) is 0.119. The molecule has 132 valence electrons. The third-order valence-corrected chi connectivity index (χ3v) is 4.26. The summed E-state index contributed by atoms with van der Waals surface area (Å²) >= 11 is 7.07. The minimum Gasteiger partial charge on any atom is -0.484 e. The highest BCUT2D eigenvalue weighted by molar-refractivity contribution is 7.14. The molecular formula is C17H12ClN3O4S. The highest BCUT2D eigenvalue weighted by Gasteiger charge is 2.12. The molecule has 2 aromatic carbocycles. The summed E-state index contributed by atoms with van der Waals surface area (Å²) in [6.45, 7) is -0.188. The number of carbonyl (C=O) groups is 1. The summed E-state index contributed by atoms with van der Waals surface area (Å²) < 4.78 is 5.36. The summed E-state index contributed by atoms with van der Waals surface area (Å²) in [5.41, 5.74) is 1.13. The van der Waals surface area contributed by atoms with Crippen LogP contribution >= 0.6 is 22.9 Å². The van der Waals surface area contributed by atoms with Gasteiger partial charge in [-0.05, 0) is 18.2 Å². The first-order valence-corrected chi connectivity index (χ1v) is 8.65. The Kier molecular flexibility index (Phi) is 5.45. The summed E-state index contributed by atoms with van der Waals surface area (Å²) in [4.78, 5) is 26.6. The standard InChI is InChI=1S/C17H12ClN3O4S/c18-12-4-2-6-14(8-12)25-9-16(22)20-17-19-15(10-26-17)11-3-1-5-13(7-11)21(23)24/h1-8,10H,9H2,(H,19,20,22). The lowest BCUT2D eigenvalue weighted by Crippen LogP contribution is -2.20. The Morgan fingerprint density at radius 2 is 2.08 bits per heavy atom. The van der Waals surface area contributed by atoms with Crippen LogP contribution in [0.15, 0.2) is 53.9 Å². The van der Waals surface area contributed by atoms with Gasteiger partial charge in [-0.15, -0.1) is 11.3 Å². The molecule has 26 heavy (non-hydrogen) atoms. The maximum Gasteiger partial charge on any atom is 0.270 e. The number of hydrogen-bond acceptors (Lipinski definition) is 6. The van der Waals surface area contributed by atoms with Crippen LogP contribution in [-0.4, -0.2) is 22.4 Å². The van der Waals surface area contributed by atoms with E-state index in [2.05, 4.69) is 10.3 Å². The van der Waals surface area contributed by atoms with Gasteiger partial charge in [-0.3, -0.25) is 20.2 Å². The number of nitrogens with zero attached hydrogens (tertiary/aromatic N) is 2. The van der Waals surface area contributed by atoms with Crippen molar-refractivity contribution >= 4 is 39.7 Å². The molecule has 1 N–H and O–H groups in total. The first-order chi connectivity index (χ1) is 12.5. The SMILES string of the molecule is O=C(COc1cccc(Cl)c1)Nc1nc(-c2cccc([N+](=O)[O-])c2)cs1. The van der Waals surface area contributed by atoms with E-state index < -0.39 is 4.92 Å². The van der Waals surface area contributed by atoms with Gasteiger partial charge in [-0.2, -0.15) is 0 Å². The molecule has 9 heteroatoms. The highest BCUT2D eigenvalue weighted by Crippen LogP contribution is 2.27. The van der Waals surface area contributed by atoms with E-state index >= 15 is 0 Å². The number of amides is 1. The van der Waals surface area contributed by atoms with E-state index in [0.29, 0.717) is 27.2 Å². The van der Waals surface area contributed by atoms with Crippen molar-refractivity contribution in [2.45, 2.75) is 0 Å². The molecule has 7 nitrogen and oxygen atoms in total. The lowest BCUT2D eigenvalue weighted by molar-refractivity contribution is -0.384. The number of nitrogens with one attached hydrogen (secondary N) is 1. The van der Waals surface area contributed by atoms with Crippen LogP contribution in [-0.2, 0) is 4.79 Å². The largest absolute Gasteiger partial charge is 0.484 e. The van der Waals surface area contributed by atoms with E-state index in [4.69, 9.17) is 16.3 Å². The molecule has 3 aromatic rings. The van der Waals surface area contributed by atoms with Gasteiger partial charge in [0, 0.05) is 28.1 Å². The molecule has 1 amide bonds. The smallest absolute Gasteiger partial charge is 0.270 e. The van der Waals surface area contributed by atoms with Crippen molar-refractivity contribution in [3.8, 4) is 17.0 Å². The third-order valence-electron chi connectivity index (χ3n) is 3.27. The molecule has 0 atom stereocenters. The lowest BCUT2D eigenvalue weighted by Gasteiger charge is -2.05. The van der Waals surface area contributed by atoms with Crippen LogP contribution in [0.25, 0.3) is 11.3 Å². The van der Waals surface area contributed by atoms with Gasteiger partial charge in [0.05, 0.1) is 10.6 Å². The van der Waals surface area contributed by atoms with Crippen LogP contribution in [0, 0.1) is 10.1 Å². The predicted octanol–water partition coefficient (Wildman–Crippen LogP) is 4.39. The molecule has 0 fully saturated rings. The maximum atomic E-state index is 12.0. The first-order valence-electron chi connectivity index (χ1n) is 7.40. The van der Waals surface area contributed by atoms with Crippen molar-refractivity contribution < 1.29 is 14.5 Å². The summed E-state index contributed by atoms with van der Waals surface area (Å²) in [7, 11) is 0. The number of carbonyl (C=O) groups excluding carboxylic acids is 1. The molecule has 0 aliphatic carbocycles. The number of halogens is 1. The zero-order valence-corrected chi connectivity index (χ0v) is 14.8. The minimum absolute atomic E-state index is 0.0176. The van der Waals surface area contributed by atoms with Gasteiger partial charge in [0.15, 0.2) is 11.7 Å². The van der Waals surface area contributed by atoms with Crippen LogP contribution in [0.3, 0.4) is 0 Å². The lowest BCUT2D eigenvalue weighted by atomic mass is 10.1. The molecule has 0 radical (unpaired) electrons. The zero-order chi connectivity index (χ0) is 18.5. The fraction of sp³-hybridized carbons (Fsp3) is 0.0588. The van der Waals surface area contributed by atoms with E-state index in [1.54, 1.807) is 41.8 Å². The Labute approximate surface area is 157 Å².